The molecule has 0 unspecified atom stereocenters. The lowest BCUT2D eigenvalue weighted by molar-refractivity contribution is -0.0992. The normalized spacial score (nSPS) is 29.9. The zero-order valence-corrected chi connectivity index (χ0v) is 9.15. The molecule has 1 aliphatic carbocycles. The Morgan fingerprint density at radius 3 is 2.60 bits per heavy atom. The van der Waals surface area contributed by atoms with Crippen molar-refractivity contribution in [2.24, 2.45) is 5.41 Å². The zero-order chi connectivity index (χ0) is 10.7. The summed E-state index contributed by atoms with van der Waals surface area (Å²) < 4.78 is 5.75. The van der Waals surface area contributed by atoms with Crippen LogP contribution in [0.1, 0.15) is 25.3 Å². The Labute approximate surface area is 90.9 Å². The van der Waals surface area contributed by atoms with Crippen molar-refractivity contribution in [2.45, 2.75) is 32.5 Å². The van der Waals surface area contributed by atoms with Gasteiger partial charge in [0.05, 0.1) is 12.7 Å². The molecule has 0 amide bonds. The van der Waals surface area contributed by atoms with Crippen LogP contribution in [-0.2, 0) is 11.3 Å². The van der Waals surface area contributed by atoms with Gasteiger partial charge in [-0.25, -0.2) is 0 Å². The Kier molecular flexibility index (Phi) is 3.08. The Morgan fingerprint density at radius 2 is 2.00 bits per heavy atom. The molecule has 2 heteroatoms. The summed E-state index contributed by atoms with van der Waals surface area (Å²) in [6, 6.07) is 10.2. The van der Waals surface area contributed by atoms with Gasteiger partial charge in [0.25, 0.3) is 0 Å². The van der Waals surface area contributed by atoms with Crippen LogP contribution >= 0.6 is 0 Å². The highest BCUT2D eigenvalue weighted by atomic mass is 16.5. The average molecular weight is 206 g/mol. The van der Waals surface area contributed by atoms with Crippen LogP contribution in [0.25, 0.3) is 0 Å². The maximum atomic E-state index is 9.09. The predicted molar refractivity (Wildman–Crippen MR) is 59.4 cm³/mol. The molecule has 0 radical (unpaired) electrons. The largest absolute Gasteiger partial charge is 0.396 e. The first kappa shape index (κ1) is 10.7. The summed E-state index contributed by atoms with van der Waals surface area (Å²) in [4.78, 5) is 0. The molecular formula is C13H18O2. The summed E-state index contributed by atoms with van der Waals surface area (Å²) in [6.45, 7) is 3.07. The molecule has 0 aromatic heterocycles. The Morgan fingerprint density at radius 1 is 1.33 bits per heavy atom. The molecule has 0 saturated heterocycles. The number of benzene rings is 1. The van der Waals surface area contributed by atoms with E-state index in [1.807, 2.05) is 18.2 Å². The van der Waals surface area contributed by atoms with E-state index in [2.05, 4.69) is 19.1 Å². The van der Waals surface area contributed by atoms with Gasteiger partial charge in [-0.3, -0.25) is 0 Å². The van der Waals surface area contributed by atoms with Crippen LogP contribution in [0.4, 0.5) is 0 Å². The van der Waals surface area contributed by atoms with E-state index in [0.29, 0.717) is 12.7 Å². The highest BCUT2D eigenvalue weighted by Gasteiger charge is 2.40. The molecule has 1 aromatic rings. The molecule has 1 fully saturated rings. The lowest BCUT2D eigenvalue weighted by atomic mass is 9.69. The highest BCUT2D eigenvalue weighted by Crippen LogP contribution is 2.42. The van der Waals surface area contributed by atoms with Gasteiger partial charge in [0, 0.05) is 6.61 Å². The maximum Gasteiger partial charge on any atom is 0.0720 e. The highest BCUT2D eigenvalue weighted by molar-refractivity contribution is 5.13. The first-order valence-corrected chi connectivity index (χ1v) is 5.48. The maximum absolute atomic E-state index is 9.09. The molecule has 0 heterocycles. The van der Waals surface area contributed by atoms with Crippen LogP contribution < -0.4 is 0 Å². The minimum absolute atomic E-state index is 0.112. The molecule has 0 bridgehead atoms. The third-order valence-corrected chi connectivity index (χ3v) is 3.15. The summed E-state index contributed by atoms with van der Waals surface area (Å²) in [7, 11) is 0. The van der Waals surface area contributed by atoms with Gasteiger partial charge in [-0.15, -0.1) is 0 Å². The van der Waals surface area contributed by atoms with Crippen molar-refractivity contribution in [1.29, 1.82) is 0 Å². The van der Waals surface area contributed by atoms with E-state index >= 15 is 0 Å². The van der Waals surface area contributed by atoms with Gasteiger partial charge in [-0.05, 0) is 23.8 Å². The van der Waals surface area contributed by atoms with E-state index in [4.69, 9.17) is 9.84 Å². The summed E-state index contributed by atoms with van der Waals surface area (Å²) in [5.74, 6) is 0. The lowest BCUT2D eigenvalue weighted by Crippen LogP contribution is -2.42. The van der Waals surface area contributed by atoms with Gasteiger partial charge >= 0.3 is 0 Å². The molecule has 1 aromatic carbocycles. The molecule has 1 N–H and O–H groups in total. The van der Waals surface area contributed by atoms with Gasteiger partial charge in [0.1, 0.15) is 0 Å². The fraction of sp³-hybridized carbons (Fsp3) is 0.538. The van der Waals surface area contributed by atoms with Crippen molar-refractivity contribution in [3.05, 3.63) is 35.9 Å². The van der Waals surface area contributed by atoms with Crippen LogP contribution in [0.5, 0.6) is 0 Å². The second-order valence-electron chi connectivity index (χ2n) is 4.80. The number of aliphatic hydroxyl groups excluding tert-OH is 1. The number of rotatable bonds is 4. The SMILES string of the molecule is CC1(CO)CC(OCc2ccccc2)C1. The molecule has 1 saturated carbocycles. The van der Waals surface area contributed by atoms with Crippen molar-refractivity contribution in [3.8, 4) is 0 Å². The zero-order valence-electron chi connectivity index (χ0n) is 9.15. The lowest BCUT2D eigenvalue weighted by Gasteiger charge is -2.43. The quantitative estimate of drug-likeness (QED) is 0.819. The van der Waals surface area contributed by atoms with Crippen molar-refractivity contribution in [2.75, 3.05) is 6.61 Å². The molecule has 0 atom stereocenters. The number of aliphatic hydroxyl groups is 1. The molecule has 15 heavy (non-hydrogen) atoms. The molecule has 0 aliphatic heterocycles. The molecule has 2 rings (SSSR count). The van der Waals surface area contributed by atoms with Gasteiger partial charge in [0.15, 0.2) is 0 Å². The number of hydrogen-bond acceptors (Lipinski definition) is 2. The average Bonchev–Trinajstić information content (AvgIpc) is 2.24. The summed E-state index contributed by atoms with van der Waals surface area (Å²) >= 11 is 0. The number of hydrogen-bond donors (Lipinski definition) is 1. The molecular weight excluding hydrogens is 188 g/mol. The smallest absolute Gasteiger partial charge is 0.0720 e. The van der Waals surface area contributed by atoms with E-state index in [1.165, 1.54) is 5.56 Å². The van der Waals surface area contributed by atoms with Crippen LogP contribution in [0.2, 0.25) is 0 Å². The van der Waals surface area contributed by atoms with Gasteiger partial charge in [-0.1, -0.05) is 37.3 Å². The number of ether oxygens (including phenoxy) is 1. The third kappa shape index (κ3) is 2.58. The first-order valence-electron chi connectivity index (χ1n) is 5.48. The summed E-state index contributed by atoms with van der Waals surface area (Å²) in [6.07, 6.45) is 2.30. The fourth-order valence-corrected chi connectivity index (χ4v) is 2.07. The Hall–Kier alpha value is -0.860. The van der Waals surface area contributed by atoms with Crippen LogP contribution in [0.15, 0.2) is 30.3 Å². The third-order valence-electron chi connectivity index (χ3n) is 3.15. The van der Waals surface area contributed by atoms with Crippen molar-refractivity contribution < 1.29 is 9.84 Å². The minimum Gasteiger partial charge on any atom is -0.396 e. The second-order valence-corrected chi connectivity index (χ2v) is 4.80. The van der Waals surface area contributed by atoms with E-state index in [1.54, 1.807) is 0 Å². The topological polar surface area (TPSA) is 29.5 Å². The molecule has 2 nitrogen and oxygen atoms in total. The minimum atomic E-state index is 0.112. The Balaban J connectivity index is 1.73. The summed E-state index contributed by atoms with van der Waals surface area (Å²) in [5, 5.41) is 9.09. The van der Waals surface area contributed by atoms with Crippen molar-refractivity contribution >= 4 is 0 Å². The van der Waals surface area contributed by atoms with E-state index < -0.39 is 0 Å². The molecule has 1 aliphatic rings. The van der Waals surface area contributed by atoms with Crippen LogP contribution in [-0.4, -0.2) is 17.8 Å². The van der Waals surface area contributed by atoms with E-state index in [0.717, 1.165) is 12.8 Å². The molecule has 82 valence electrons. The fourth-order valence-electron chi connectivity index (χ4n) is 2.07. The van der Waals surface area contributed by atoms with Crippen molar-refractivity contribution in [1.82, 2.24) is 0 Å². The Bertz CT molecular complexity index is 302. The standard InChI is InChI=1S/C13H18O2/c1-13(10-14)7-12(8-13)15-9-11-5-3-2-4-6-11/h2-6,12,14H,7-10H2,1H3. The molecule has 0 spiro atoms. The van der Waals surface area contributed by atoms with Crippen LogP contribution in [0, 0.1) is 5.41 Å². The predicted octanol–water partition coefficient (Wildman–Crippen LogP) is 2.36. The van der Waals surface area contributed by atoms with E-state index in [9.17, 15) is 0 Å². The van der Waals surface area contributed by atoms with Gasteiger partial charge in [-0.2, -0.15) is 0 Å². The first-order chi connectivity index (χ1) is 7.22. The van der Waals surface area contributed by atoms with Crippen LogP contribution in [0.3, 0.4) is 0 Å². The monoisotopic (exact) mass is 206 g/mol. The van der Waals surface area contributed by atoms with E-state index in [-0.39, 0.29) is 12.0 Å². The second kappa shape index (κ2) is 4.33. The van der Waals surface area contributed by atoms with Gasteiger partial charge in [0.2, 0.25) is 0 Å². The summed E-state index contributed by atoms with van der Waals surface area (Å²) in [5.41, 5.74) is 1.33. The van der Waals surface area contributed by atoms with Gasteiger partial charge < -0.3 is 9.84 Å². The van der Waals surface area contributed by atoms with Crippen molar-refractivity contribution in [3.63, 3.8) is 0 Å².